The van der Waals surface area contributed by atoms with Crippen molar-refractivity contribution in [1.82, 2.24) is 0 Å². The van der Waals surface area contributed by atoms with Crippen LogP contribution in [0, 0.1) is 6.92 Å². The van der Waals surface area contributed by atoms with E-state index in [-0.39, 0.29) is 12.1 Å². The van der Waals surface area contributed by atoms with Crippen molar-refractivity contribution in [3.63, 3.8) is 0 Å². The molecule has 0 heterocycles. The number of carbonyl (C=O) groups excluding carboxylic acids is 1. The minimum absolute atomic E-state index is 0.0102. The molecule has 0 aliphatic carbocycles. The van der Waals surface area contributed by atoms with Gasteiger partial charge in [0.15, 0.2) is 0 Å². The number of rotatable bonds is 4. The Morgan fingerprint density at radius 3 is 2.56 bits per heavy atom. The van der Waals surface area contributed by atoms with Crippen LogP contribution in [0.2, 0.25) is 0 Å². The second kappa shape index (κ2) is 4.65. The summed E-state index contributed by atoms with van der Waals surface area (Å²) in [6.45, 7) is 1.84. The largest absolute Gasteiger partial charge is 0.478 e. The molecule has 0 aliphatic heterocycles. The van der Waals surface area contributed by atoms with Crippen molar-refractivity contribution >= 4 is 17.6 Å². The Bertz CT molecular complexity index is 429. The Kier molecular flexibility index (Phi) is 3.50. The van der Waals surface area contributed by atoms with E-state index in [9.17, 15) is 9.59 Å². The SMILES string of the molecule is Cc1ccc(C(=O)O)c(N(C)CC(N)=O)c1. The summed E-state index contributed by atoms with van der Waals surface area (Å²) in [5.74, 6) is -1.52. The fraction of sp³-hybridized carbons (Fsp3) is 0.273. The molecule has 0 saturated carbocycles. The number of nitrogens with zero attached hydrogens (tertiary/aromatic N) is 1. The van der Waals surface area contributed by atoms with Gasteiger partial charge in [-0.1, -0.05) is 6.07 Å². The highest BCUT2D eigenvalue weighted by Gasteiger charge is 2.14. The number of anilines is 1. The average molecular weight is 222 g/mol. The van der Waals surface area contributed by atoms with Crippen LogP contribution < -0.4 is 10.6 Å². The molecule has 1 amide bonds. The summed E-state index contributed by atoms with van der Waals surface area (Å²) < 4.78 is 0. The maximum Gasteiger partial charge on any atom is 0.337 e. The quantitative estimate of drug-likeness (QED) is 0.782. The molecule has 0 bridgehead atoms. The van der Waals surface area contributed by atoms with Crippen LogP contribution in [0.4, 0.5) is 5.69 Å². The molecule has 1 aromatic rings. The van der Waals surface area contributed by atoms with Gasteiger partial charge in [0.05, 0.1) is 17.8 Å². The number of hydrogen-bond donors (Lipinski definition) is 2. The first-order valence-electron chi connectivity index (χ1n) is 4.75. The third kappa shape index (κ3) is 2.73. The molecule has 0 unspecified atom stereocenters. The summed E-state index contributed by atoms with van der Waals surface area (Å²) in [4.78, 5) is 23.3. The van der Waals surface area contributed by atoms with Gasteiger partial charge in [-0.2, -0.15) is 0 Å². The van der Waals surface area contributed by atoms with Crippen LogP contribution in [0.5, 0.6) is 0 Å². The highest BCUT2D eigenvalue weighted by molar-refractivity contribution is 5.95. The van der Waals surface area contributed by atoms with Crippen LogP contribution in [0.1, 0.15) is 15.9 Å². The molecule has 0 atom stereocenters. The monoisotopic (exact) mass is 222 g/mol. The molecule has 5 nitrogen and oxygen atoms in total. The van der Waals surface area contributed by atoms with Crippen LogP contribution >= 0.6 is 0 Å². The lowest BCUT2D eigenvalue weighted by Gasteiger charge is -2.19. The van der Waals surface area contributed by atoms with Gasteiger partial charge in [0.25, 0.3) is 0 Å². The number of nitrogens with two attached hydrogens (primary N) is 1. The Labute approximate surface area is 93.5 Å². The lowest BCUT2D eigenvalue weighted by molar-refractivity contribution is -0.116. The number of aryl methyl sites for hydroxylation is 1. The summed E-state index contributed by atoms with van der Waals surface area (Å²) in [6, 6.07) is 4.95. The summed E-state index contributed by atoms with van der Waals surface area (Å²) in [7, 11) is 1.63. The molecule has 1 rings (SSSR count). The molecule has 0 fully saturated rings. The molecule has 5 heteroatoms. The van der Waals surface area contributed by atoms with Crippen molar-refractivity contribution in [3.05, 3.63) is 29.3 Å². The Morgan fingerprint density at radius 1 is 1.44 bits per heavy atom. The average Bonchev–Trinajstić information content (AvgIpc) is 2.15. The van der Waals surface area contributed by atoms with E-state index in [2.05, 4.69) is 0 Å². The second-order valence-electron chi connectivity index (χ2n) is 3.65. The van der Waals surface area contributed by atoms with E-state index in [0.717, 1.165) is 5.56 Å². The number of amides is 1. The molecule has 0 aromatic heterocycles. The van der Waals surface area contributed by atoms with Crippen molar-refractivity contribution < 1.29 is 14.7 Å². The number of likely N-dealkylation sites (N-methyl/N-ethyl adjacent to an activating group) is 1. The standard InChI is InChI=1S/C11H14N2O3/c1-7-3-4-8(11(15)16)9(5-7)13(2)6-10(12)14/h3-5H,6H2,1-2H3,(H2,12,14)(H,15,16). The fourth-order valence-electron chi connectivity index (χ4n) is 1.46. The first-order valence-corrected chi connectivity index (χ1v) is 4.75. The molecule has 0 spiro atoms. The molecule has 0 saturated heterocycles. The van der Waals surface area contributed by atoms with E-state index >= 15 is 0 Å². The van der Waals surface area contributed by atoms with Crippen LogP contribution in [-0.4, -0.2) is 30.6 Å². The van der Waals surface area contributed by atoms with E-state index in [1.165, 1.54) is 11.0 Å². The summed E-state index contributed by atoms with van der Waals surface area (Å²) >= 11 is 0. The Balaban J connectivity index is 3.13. The fourth-order valence-corrected chi connectivity index (χ4v) is 1.46. The van der Waals surface area contributed by atoms with Gasteiger partial charge in [0.1, 0.15) is 0 Å². The van der Waals surface area contributed by atoms with E-state index in [0.29, 0.717) is 5.69 Å². The maximum atomic E-state index is 11.0. The molecule has 16 heavy (non-hydrogen) atoms. The normalized spacial score (nSPS) is 9.88. The summed E-state index contributed by atoms with van der Waals surface area (Å²) in [5.41, 5.74) is 6.65. The number of aromatic carboxylic acids is 1. The van der Waals surface area contributed by atoms with Gasteiger partial charge in [-0.25, -0.2) is 4.79 Å². The number of primary amides is 1. The van der Waals surface area contributed by atoms with Crippen molar-refractivity contribution in [2.45, 2.75) is 6.92 Å². The van der Waals surface area contributed by atoms with Gasteiger partial charge in [-0.3, -0.25) is 4.79 Å². The van der Waals surface area contributed by atoms with Gasteiger partial charge in [-0.15, -0.1) is 0 Å². The zero-order valence-corrected chi connectivity index (χ0v) is 9.23. The zero-order valence-electron chi connectivity index (χ0n) is 9.23. The summed E-state index contributed by atoms with van der Waals surface area (Å²) in [6.07, 6.45) is 0. The van der Waals surface area contributed by atoms with Gasteiger partial charge in [0.2, 0.25) is 5.91 Å². The number of benzene rings is 1. The third-order valence-electron chi connectivity index (χ3n) is 2.19. The van der Waals surface area contributed by atoms with Crippen molar-refractivity contribution in [1.29, 1.82) is 0 Å². The third-order valence-corrected chi connectivity index (χ3v) is 2.19. The van der Waals surface area contributed by atoms with E-state index in [1.54, 1.807) is 19.2 Å². The Morgan fingerprint density at radius 2 is 2.06 bits per heavy atom. The minimum Gasteiger partial charge on any atom is -0.478 e. The van der Waals surface area contributed by atoms with Crippen LogP contribution in [-0.2, 0) is 4.79 Å². The molecule has 1 aromatic carbocycles. The van der Waals surface area contributed by atoms with Crippen molar-refractivity contribution in [2.24, 2.45) is 5.73 Å². The van der Waals surface area contributed by atoms with E-state index < -0.39 is 11.9 Å². The predicted molar refractivity (Wildman–Crippen MR) is 60.6 cm³/mol. The van der Waals surface area contributed by atoms with E-state index in [1.807, 2.05) is 6.92 Å². The first-order chi connectivity index (χ1) is 7.41. The number of carbonyl (C=O) groups is 2. The molecule has 0 aliphatic rings. The van der Waals surface area contributed by atoms with Crippen LogP contribution in [0.15, 0.2) is 18.2 Å². The van der Waals surface area contributed by atoms with Crippen molar-refractivity contribution in [2.75, 3.05) is 18.5 Å². The molecule has 3 N–H and O–H groups in total. The highest BCUT2D eigenvalue weighted by Crippen LogP contribution is 2.21. The van der Waals surface area contributed by atoms with Gasteiger partial charge in [0, 0.05) is 7.05 Å². The molecular weight excluding hydrogens is 208 g/mol. The lowest BCUT2D eigenvalue weighted by atomic mass is 10.1. The number of hydrogen-bond acceptors (Lipinski definition) is 3. The number of carboxylic acids is 1. The second-order valence-corrected chi connectivity index (χ2v) is 3.65. The zero-order chi connectivity index (χ0) is 12.3. The lowest BCUT2D eigenvalue weighted by Crippen LogP contribution is -2.31. The minimum atomic E-state index is -1.02. The molecule has 0 radical (unpaired) electrons. The number of carboxylic acid groups (broad SMARTS) is 1. The van der Waals surface area contributed by atoms with Gasteiger partial charge in [-0.05, 0) is 24.6 Å². The topological polar surface area (TPSA) is 83.6 Å². The first kappa shape index (κ1) is 12.0. The Hall–Kier alpha value is -2.04. The molecule has 86 valence electrons. The molecular formula is C11H14N2O3. The van der Waals surface area contributed by atoms with Crippen LogP contribution in [0.3, 0.4) is 0 Å². The van der Waals surface area contributed by atoms with E-state index in [4.69, 9.17) is 10.8 Å². The highest BCUT2D eigenvalue weighted by atomic mass is 16.4. The predicted octanol–water partition coefficient (Wildman–Crippen LogP) is 0.615. The van der Waals surface area contributed by atoms with Gasteiger partial charge >= 0.3 is 5.97 Å². The summed E-state index contributed by atoms with van der Waals surface area (Å²) in [5, 5.41) is 9.00. The maximum absolute atomic E-state index is 11.0. The van der Waals surface area contributed by atoms with Crippen LogP contribution in [0.25, 0.3) is 0 Å². The van der Waals surface area contributed by atoms with Crippen molar-refractivity contribution in [3.8, 4) is 0 Å². The smallest absolute Gasteiger partial charge is 0.337 e. The van der Waals surface area contributed by atoms with Gasteiger partial charge < -0.3 is 15.7 Å².